The first kappa shape index (κ1) is 15.5. The van der Waals surface area contributed by atoms with Crippen molar-refractivity contribution < 1.29 is 9.53 Å². The van der Waals surface area contributed by atoms with Gasteiger partial charge in [-0.15, -0.1) is 0 Å². The summed E-state index contributed by atoms with van der Waals surface area (Å²) in [4.78, 5) is 20.6. The highest BCUT2D eigenvalue weighted by molar-refractivity contribution is 7.99. The molecule has 2 bridgehead atoms. The quantitative estimate of drug-likeness (QED) is 0.775. The Morgan fingerprint density at radius 3 is 2.79 bits per heavy atom. The second kappa shape index (κ2) is 6.49. The smallest absolute Gasteiger partial charge is 0.294 e. The van der Waals surface area contributed by atoms with E-state index in [1.165, 1.54) is 12.8 Å². The van der Waals surface area contributed by atoms with Gasteiger partial charge < -0.3 is 20.4 Å². The van der Waals surface area contributed by atoms with Gasteiger partial charge in [0.05, 0.1) is 18.3 Å². The topological polar surface area (TPSA) is 79.0 Å². The molecule has 0 unspecified atom stereocenters. The van der Waals surface area contributed by atoms with Gasteiger partial charge in [-0.05, 0) is 43.5 Å². The van der Waals surface area contributed by atoms with Gasteiger partial charge in [-0.1, -0.05) is 11.8 Å². The van der Waals surface area contributed by atoms with Crippen molar-refractivity contribution in [1.29, 1.82) is 0 Å². The summed E-state index contributed by atoms with van der Waals surface area (Å²) in [6.07, 6.45) is 5.18. The van der Waals surface area contributed by atoms with Crippen molar-refractivity contribution in [2.75, 3.05) is 7.11 Å². The molecule has 0 aliphatic carbocycles. The first-order valence-electron chi connectivity index (χ1n) is 8.15. The van der Waals surface area contributed by atoms with E-state index in [2.05, 4.69) is 20.6 Å². The summed E-state index contributed by atoms with van der Waals surface area (Å²) in [6.45, 7) is 0. The van der Waals surface area contributed by atoms with Gasteiger partial charge in [-0.2, -0.15) is 0 Å². The van der Waals surface area contributed by atoms with Gasteiger partial charge in [-0.3, -0.25) is 4.79 Å². The van der Waals surface area contributed by atoms with Crippen molar-refractivity contribution in [3.8, 4) is 6.01 Å². The van der Waals surface area contributed by atoms with Crippen LogP contribution >= 0.6 is 11.8 Å². The number of fused-ring (bicyclic) bond motifs is 2. The Kier molecular flexibility index (Phi) is 4.20. The lowest BCUT2D eigenvalue weighted by atomic mass is 9.95. The Morgan fingerprint density at radius 2 is 2.17 bits per heavy atom. The van der Waals surface area contributed by atoms with Gasteiger partial charge >= 0.3 is 0 Å². The zero-order valence-corrected chi connectivity index (χ0v) is 14.2. The number of H-pyrrole nitrogens is 1. The number of carbonyl (C=O) groups excluding carboxylic acids is 1. The summed E-state index contributed by atoms with van der Waals surface area (Å²) in [5, 5.41) is 7.61. The fourth-order valence-corrected chi connectivity index (χ4v) is 4.25. The van der Waals surface area contributed by atoms with Gasteiger partial charge in [0.15, 0.2) is 0 Å². The number of nitrogens with zero attached hydrogens (tertiary/aromatic N) is 1. The minimum Gasteiger partial charge on any atom is -0.468 e. The Labute approximate surface area is 144 Å². The number of ether oxygens (including phenoxy) is 1. The van der Waals surface area contributed by atoms with E-state index in [9.17, 15) is 4.79 Å². The van der Waals surface area contributed by atoms with Crippen molar-refractivity contribution in [1.82, 2.24) is 20.6 Å². The number of nitrogens with one attached hydrogen (secondary N) is 3. The van der Waals surface area contributed by atoms with E-state index in [-0.39, 0.29) is 11.9 Å². The molecule has 4 rings (SSSR count). The van der Waals surface area contributed by atoms with Crippen molar-refractivity contribution >= 4 is 17.7 Å². The minimum atomic E-state index is 0.00843. The number of aromatic amines is 1. The fourth-order valence-electron chi connectivity index (χ4n) is 3.48. The molecule has 2 aromatic rings. The average molecular weight is 344 g/mol. The van der Waals surface area contributed by atoms with Gasteiger partial charge in [0.1, 0.15) is 0 Å². The summed E-state index contributed by atoms with van der Waals surface area (Å²) in [5.74, 6) is 0.00843. The molecule has 0 radical (unpaired) electrons. The molecule has 2 fully saturated rings. The number of carbonyl (C=O) groups is 1. The van der Waals surface area contributed by atoms with Crippen molar-refractivity contribution in [3.63, 3.8) is 0 Å². The molecule has 3 heterocycles. The Bertz CT molecular complexity index is 730. The van der Waals surface area contributed by atoms with E-state index in [1.807, 2.05) is 24.3 Å². The second-order valence-electron chi connectivity index (χ2n) is 6.25. The van der Waals surface area contributed by atoms with E-state index < -0.39 is 0 Å². The Morgan fingerprint density at radius 1 is 1.33 bits per heavy atom. The van der Waals surface area contributed by atoms with Crippen LogP contribution in [-0.2, 0) is 0 Å². The van der Waals surface area contributed by atoms with Crippen LogP contribution in [0.25, 0.3) is 0 Å². The lowest BCUT2D eigenvalue weighted by Crippen LogP contribution is -2.42. The lowest BCUT2D eigenvalue weighted by Gasteiger charge is -2.21. The molecule has 3 atom stereocenters. The van der Waals surface area contributed by atoms with E-state index in [0.29, 0.717) is 23.7 Å². The van der Waals surface area contributed by atoms with E-state index in [0.717, 1.165) is 16.3 Å². The molecule has 1 amide bonds. The third-order valence-electron chi connectivity index (χ3n) is 4.68. The first-order chi connectivity index (χ1) is 11.7. The summed E-state index contributed by atoms with van der Waals surface area (Å²) >= 11 is 1.55. The van der Waals surface area contributed by atoms with E-state index >= 15 is 0 Å². The summed E-state index contributed by atoms with van der Waals surface area (Å²) in [5.41, 5.74) is 0.698. The van der Waals surface area contributed by atoms with Crippen molar-refractivity contribution in [3.05, 3.63) is 36.0 Å². The van der Waals surface area contributed by atoms with Gasteiger partial charge in [0.25, 0.3) is 11.9 Å². The predicted molar refractivity (Wildman–Crippen MR) is 91.5 cm³/mol. The summed E-state index contributed by atoms with van der Waals surface area (Å²) in [6, 6.07) is 9.43. The maximum absolute atomic E-state index is 12.4. The highest BCUT2D eigenvalue weighted by Crippen LogP contribution is 2.29. The average Bonchev–Trinajstić information content (AvgIpc) is 3.32. The largest absolute Gasteiger partial charge is 0.468 e. The number of imidazole rings is 1. The maximum Gasteiger partial charge on any atom is 0.294 e. The number of methoxy groups -OCH3 is 1. The van der Waals surface area contributed by atoms with Crippen LogP contribution in [0.4, 0.5) is 0 Å². The number of aromatic nitrogens is 2. The first-order valence-corrected chi connectivity index (χ1v) is 8.97. The van der Waals surface area contributed by atoms with Crippen LogP contribution in [0, 0.1) is 0 Å². The molecule has 0 spiro atoms. The molecule has 1 aromatic heterocycles. The number of rotatable bonds is 5. The molecule has 126 valence electrons. The fraction of sp³-hybridized carbons (Fsp3) is 0.412. The zero-order chi connectivity index (χ0) is 16.5. The number of amides is 1. The zero-order valence-electron chi connectivity index (χ0n) is 13.4. The molecular formula is C17H20N4O2S. The molecule has 1 aromatic carbocycles. The number of hydrogen-bond acceptors (Lipinski definition) is 5. The molecule has 24 heavy (non-hydrogen) atoms. The molecule has 2 saturated heterocycles. The number of benzene rings is 1. The SMILES string of the molecule is COc1ncc(Sc2ccc(C(=O)N[C@@H]3C[C@H]4CC[C@@H]3N4)cc2)[nH]1. The molecule has 2 aliphatic rings. The van der Waals surface area contributed by atoms with Crippen molar-refractivity contribution in [2.45, 2.75) is 47.3 Å². The molecule has 6 nitrogen and oxygen atoms in total. The Hall–Kier alpha value is -1.99. The second-order valence-corrected chi connectivity index (χ2v) is 7.36. The summed E-state index contributed by atoms with van der Waals surface area (Å²) in [7, 11) is 1.58. The third-order valence-corrected chi connectivity index (χ3v) is 5.62. The van der Waals surface area contributed by atoms with Crippen LogP contribution in [-0.4, -0.2) is 41.1 Å². The summed E-state index contributed by atoms with van der Waals surface area (Å²) < 4.78 is 5.03. The van der Waals surface area contributed by atoms with Crippen LogP contribution in [0.3, 0.4) is 0 Å². The van der Waals surface area contributed by atoms with Gasteiger partial charge in [0.2, 0.25) is 0 Å². The van der Waals surface area contributed by atoms with Gasteiger partial charge in [-0.25, -0.2) is 4.98 Å². The van der Waals surface area contributed by atoms with Gasteiger partial charge in [0, 0.05) is 28.6 Å². The highest BCUT2D eigenvalue weighted by atomic mass is 32.2. The Balaban J connectivity index is 1.37. The van der Waals surface area contributed by atoms with E-state index in [4.69, 9.17) is 4.74 Å². The highest BCUT2D eigenvalue weighted by Gasteiger charge is 2.39. The van der Waals surface area contributed by atoms with Crippen LogP contribution in [0.15, 0.2) is 40.4 Å². The van der Waals surface area contributed by atoms with Crippen LogP contribution < -0.4 is 15.4 Å². The van der Waals surface area contributed by atoms with Crippen LogP contribution in [0.1, 0.15) is 29.6 Å². The number of hydrogen-bond donors (Lipinski definition) is 3. The standard InChI is InChI=1S/C17H20N4O2S/c1-23-17-18-9-15(21-17)24-12-5-2-10(3-6-12)16(22)20-14-8-11-4-7-13(14)19-11/h2-3,5-6,9,11,13-14,19H,4,7-8H2,1H3,(H,18,21)(H,20,22)/t11-,13+,14-/m1/s1. The minimum absolute atomic E-state index is 0.00843. The maximum atomic E-state index is 12.4. The molecular weight excluding hydrogens is 324 g/mol. The molecule has 0 saturated carbocycles. The monoisotopic (exact) mass is 344 g/mol. The third kappa shape index (κ3) is 3.14. The van der Waals surface area contributed by atoms with Crippen molar-refractivity contribution in [2.24, 2.45) is 0 Å². The normalized spacial score (nSPS) is 25.0. The van der Waals surface area contributed by atoms with E-state index in [1.54, 1.807) is 25.1 Å². The molecule has 7 heteroatoms. The molecule has 2 aliphatic heterocycles. The molecule has 3 N–H and O–H groups in total. The lowest BCUT2D eigenvalue weighted by molar-refractivity contribution is 0.0931. The van der Waals surface area contributed by atoms with Crippen LogP contribution in [0.5, 0.6) is 6.01 Å². The van der Waals surface area contributed by atoms with Crippen LogP contribution in [0.2, 0.25) is 0 Å². The predicted octanol–water partition coefficient (Wildman–Crippen LogP) is 2.19.